The van der Waals surface area contributed by atoms with Gasteiger partial charge in [0.05, 0.1) is 18.4 Å². The van der Waals surface area contributed by atoms with E-state index < -0.39 is 5.97 Å². The van der Waals surface area contributed by atoms with Gasteiger partial charge in [0.15, 0.2) is 5.82 Å². The van der Waals surface area contributed by atoms with Crippen molar-refractivity contribution in [3.63, 3.8) is 0 Å². The molecule has 7 nitrogen and oxygen atoms in total. The van der Waals surface area contributed by atoms with Gasteiger partial charge in [-0.2, -0.15) is 5.10 Å². The first-order chi connectivity index (χ1) is 9.65. The van der Waals surface area contributed by atoms with Crippen LogP contribution in [0, 0.1) is 0 Å². The fourth-order valence-electron chi connectivity index (χ4n) is 1.73. The Labute approximate surface area is 116 Å². The van der Waals surface area contributed by atoms with Crippen LogP contribution in [-0.4, -0.2) is 27.8 Å². The van der Waals surface area contributed by atoms with Gasteiger partial charge in [-0.3, -0.25) is 0 Å². The van der Waals surface area contributed by atoms with E-state index in [1.165, 1.54) is 19.5 Å². The number of aryl methyl sites for hydroxylation is 1. The Morgan fingerprint density at radius 1 is 1.45 bits per heavy atom. The number of methoxy groups -OCH3 is 1. The van der Waals surface area contributed by atoms with Gasteiger partial charge >= 0.3 is 5.97 Å². The van der Waals surface area contributed by atoms with Crippen molar-refractivity contribution < 1.29 is 14.3 Å². The number of esters is 1. The van der Waals surface area contributed by atoms with Gasteiger partial charge in [-0.05, 0) is 25.1 Å². The molecule has 0 aliphatic heterocycles. The zero-order valence-corrected chi connectivity index (χ0v) is 11.4. The molecule has 1 heterocycles. The minimum atomic E-state index is -0.436. The van der Waals surface area contributed by atoms with E-state index in [4.69, 9.17) is 10.5 Å². The summed E-state index contributed by atoms with van der Waals surface area (Å²) < 4.78 is 12.0. The highest BCUT2D eigenvalue weighted by atomic mass is 16.5. The molecule has 1 aromatic heterocycles. The maximum Gasteiger partial charge on any atom is 0.337 e. The summed E-state index contributed by atoms with van der Waals surface area (Å²) >= 11 is 0. The number of hydrogen-bond donors (Lipinski definition) is 1. The number of anilines is 1. The van der Waals surface area contributed by atoms with Crippen molar-refractivity contribution in [1.29, 1.82) is 0 Å². The third-order valence-corrected chi connectivity index (χ3v) is 2.78. The first-order valence-corrected chi connectivity index (χ1v) is 6.13. The number of benzene rings is 1. The molecule has 0 aliphatic carbocycles. The molecule has 7 heteroatoms. The molecule has 0 fully saturated rings. The van der Waals surface area contributed by atoms with E-state index >= 15 is 0 Å². The van der Waals surface area contributed by atoms with Crippen LogP contribution in [0.25, 0.3) is 0 Å². The van der Waals surface area contributed by atoms with Crippen LogP contribution in [0.2, 0.25) is 0 Å². The molecule has 1 aromatic carbocycles. The number of hydrogen-bond acceptors (Lipinski definition) is 6. The Morgan fingerprint density at radius 2 is 2.25 bits per heavy atom. The Hall–Kier alpha value is -2.57. The topological polar surface area (TPSA) is 92.3 Å². The van der Waals surface area contributed by atoms with E-state index in [2.05, 4.69) is 14.8 Å². The van der Waals surface area contributed by atoms with Crippen molar-refractivity contribution >= 4 is 11.7 Å². The second kappa shape index (κ2) is 6.05. The molecule has 106 valence electrons. The van der Waals surface area contributed by atoms with E-state index in [-0.39, 0.29) is 6.61 Å². The molecular weight excluding hydrogens is 260 g/mol. The lowest BCUT2D eigenvalue weighted by molar-refractivity contribution is 0.0600. The summed E-state index contributed by atoms with van der Waals surface area (Å²) in [5.74, 6) is 0.765. The van der Waals surface area contributed by atoms with Crippen LogP contribution in [0.4, 0.5) is 5.69 Å². The molecule has 0 unspecified atom stereocenters. The first kappa shape index (κ1) is 13.9. The minimum absolute atomic E-state index is 0.260. The number of aromatic nitrogens is 3. The van der Waals surface area contributed by atoms with Gasteiger partial charge in [0.25, 0.3) is 0 Å². The Balaban J connectivity index is 2.09. The van der Waals surface area contributed by atoms with Crippen molar-refractivity contribution in [2.75, 3.05) is 12.8 Å². The van der Waals surface area contributed by atoms with Crippen molar-refractivity contribution in [1.82, 2.24) is 14.8 Å². The number of carbonyl (C=O) groups is 1. The van der Waals surface area contributed by atoms with Gasteiger partial charge in [0.2, 0.25) is 0 Å². The highest BCUT2D eigenvalue weighted by Gasteiger charge is 2.10. The van der Waals surface area contributed by atoms with Crippen LogP contribution in [0.1, 0.15) is 23.1 Å². The predicted octanol–water partition coefficient (Wildman–Crippen LogP) is 1.25. The third kappa shape index (κ3) is 2.87. The van der Waals surface area contributed by atoms with Crippen LogP contribution < -0.4 is 10.5 Å². The molecule has 2 rings (SSSR count). The minimum Gasteiger partial charge on any atom is -0.483 e. The highest BCUT2D eigenvalue weighted by Crippen LogP contribution is 2.23. The van der Waals surface area contributed by atoms with E-state index in [0.29, 0.717) is 22.8 Å². The molecule has 0 amide bonds. The molecule has 20 heavy (non-hydrogen) atoms. The normalized spacial score (nSPS) is 10.3. The lowest BCUT2D eigenvalue weighted by Crippen LogP contribution is -2.08. The molecule has 0 atom stereocenters. The molecule has 0 bridgehead atoms. The molecule has 2 N–H and O–H groups in total. The van der Waals surface area contributed by atoms with Crippen molar-refractivity contribution in [3.05, 3.63) is 35.9 Å². The number of rotatable bonds is 5. The quantitative estimate of drug-likeness (QED) is 0.652. The molecule has 2 aromatic rings. The SMILES string of the molecule is CCn1ncnc1COc1ccc(C(=O)OC)cc1N. The monoisotopic (exact) mass is 276 g/mol. The number of carbonyl (C=O) groups excluding carboxylic acids is 1. The van der Waals surface area contributed by atoms with Crippen LogP contribution in [-0.2, 0) is 17.9 Å². The van der Waals surface area contributed by atoms with Gasteiger partial charge in [-0.1, -0.05) is 0 Å². The van der Waals surface area contributed by atoms with Crippen LogP contribution >= 0.6 is 0 Å². The predicted molar refractivity (Wildman–Crippen MR) is 72.2 cm³/mol. The van der Waals surface area contributed by atoms with Gasteiger partial charge in [0.1, 0.15) is 18.7 Å². The van der Waals surface area contributed by atoms with E-state index in [1.54, 1.807) is 16.8 Å². The van der Waals surface area contributed by atoms with Crippen molar-refractivity contribution in [2.45, 2.75) is 20.1 Å². The average Bonchev–Trinajstić information content (AvgIpc) is 2.92. The Kier molecular flexibility index (Phi) is 4.19. The molecule has 0 saturated heterocycles. The summed E-state index contributed by atoms with van der Waals surface area (Å²) in [7, 11) is 1.32. The highest BCUT2D eigenvalue weighted by molar-refractivity contribution is 5.90. The molecule has 0 radical (unpaired) electrons. The summed E-state index contributed by atoms with van der Waals surface area (Å²) in [6, 6.07) is 4.75. The fraction of sp³-hybridized carbons (Fsp3) is 0.308. The number of nitrogens with zero attached hydrogens (tertiary/aromatic N) is 3. The van der Waals surface area contributed by atoms with Crippen molar-refractivity contribution in [2.24, 2.45) is 0 Å². The van der Waals surface area contributed by atoms with E-state index in [0.717, 1.165) is 6.54 Å². The maximum atomic E-state index is 11.4. The Morgan fingerprint density at radius 3 is 2.90 bits per heavy atom. The first-order valence-electron chi connectivity index (χ1n) is 6.13. The van der Waals surface area contributed by atoms with E-state index in [9.17, 15) is 4.79 Å². The summed E-state index contributed by atoms with van der Waals surface area (Å²) in [5, 5.41) is 4.05. The number of nitrogens with two attached hydrogens (primary N) is 1. The Bertz CT molecular complexity index is 609. The second-order valence-electron chi connectivity index (χ2n) is 4.02. The standard InChI is InChI=1S/C13H16N4O3/c1-3-17-12(15-8-16-17)7-20-11-5-4-9(6-10(11)14)13(18)19-2/h4-6,8H,3,7,14H2,1-2H3. The molecule has 0 spiro atoms. The van der Waals surface area contributed by atoms with Crippen LogP contribution in [0.15, 0.2) is 24.5 Å². The second-order valence-corrected chi connectivity index (χ2v) is 4.02. The summed E-state index contributed by atoms with van der Waals surface area (Å²) in [6.45, 7) is 2.95. The number of ether oxygens (including phenoxy) is 2. The zero-order chi connectivity index (χ0) is 14.5. The van der Waals surface area contributed by atoms with Gasteiger partial charge in [0, 0.05) is 6.54 Å². The average molecular weight is 276 g/mol. The smallest absolute Gasteiger partial charge is 0.337 e. The zero-order valence-electron chi connectivity index (χ0n) is 11.4. The van der Waals surface area contributed by atoms with Gasteiger partial charge in [-0.15, -0.1) is 0 Å². The molecular formula is C13H16N4O3. The lowest BCUT2D eigenvalue weighted by atomic mass is 10.2. The summed E-state index contributed by atoms with van der Waals surface area (Å²) in [5.41, 5.74) is 6.60. The summed E-state index contributed by atoms with van der Waals surface area (Å²) in [6.07, 6.45) is 1.48. The lowest BCUT2D eigenvalue weighted by Gasteiger charge is -2.10. The number of nitrogen functional groups attached to an aromatic ring is 1. The molecule has 0 aliphatic rings. The largest absolute Gasteiger partial charge is 0.483 e. The van der Waals surface area contributed by atoms with Gasteiger partial charge < -0.3 is 15.2 Å². The maximum absolute atomic E-state index is 11.4. The van der Waals surface area contributed by atoms with E-state index in [1.807, 2.05) is 6.92 Å². The third-order valence-electron chi connectivity index (χ3n) is 2.78. The van der Waals surface area contributed by atoms with Crippen molar-refractivity contribution in [3.8, 4) is 5.75 Å². The van der Waals surface area contributed by atoms with Gasteiger partial charge in [-0.25, -0.2) is 14.5 Å². The fourth-order valence-corrected chi connectivity index (χ4v) is 1.73. The van der Waals surface area contributed by atoms with Crippen LogP contribution in [0.5, 0.6) is 5.75 Å². The molecule has 0 saturated carbocycles. The van der Waals surface area contributed by atoms with Crippen LogP contribution in [0.3, 0.4) is 0 Å². The summed E-state index contributed by atoms with van der Waals surface area (Å²) in [4.78, 5) is 15.5.